The molecule has 0 unspecified atom stereocenters. The minimum atomic E-state index is 0.0705. The van der Waals surface area contributed by atoms with Gasteiger partial charge < -0.3 is 19.7 Å². The highest BCUT2D eigenvalue weighted by atomic mass is 16.5. The Kier molecular flexibility index (Phi) is 19.7. The van der Waals surface area contributed by atoms with Crippen LogP contribution in [-0.2, 0) is 14.3 Å². The molecule has 1 saturated heterocycles. The van der Waals surface area contributed by atoms with E-state index in [-0.39, 0.29) is 5.91 Å². The van der Waals surface area contributed by atoms with Gasteiger partial charge in [0.2, 0.25) is 5.91 Å². The first-order valence-corrected chi connectivity index (χ1v) is 8.87. The summed E-state index contributed by atoms with van der Waals surface area (Å²) in [5, 5.41) is 2.77. The van der Waals surface area contributed by atoms with Crippen LogP contribution in [0.2, 0.25) is 0 Å². The van der Waals surface area contributed by atoms with E-state index in [2.05, 4.69) is 17.3 Å². The summed E-state index contributed by atoms with van der Waals surface area (Å²) >= 11 is 0. The zero-order valence-corrected chi connectivity index (χ0v) is 15.6. The Morgan fingerprint density at radius 2 is 1.68 bits per heavy atom. The molecule has 1 N–H and O–H groups in total. The van der Waals surface area contributed by atoms with Crippen LogP contribution in [0.3, 0.4) is 0 Å². The van der Waals surface area contributed by atoms with Gasteiger partial charge in [0, 0.05) is 26.1 Å². The Balaban J connectivity index is 0. The number of ether oxygens (including phenoxy) is 2. The van der Waals surface area contributed by atoms with Gasteiger partial charge in [0.15, 0.2) is 0 Å². The quantitative estimate of drug-likeness (QED) is 0.699. The molecule has 22 heavy (non-hydrogen) atoms. The van der Waals surface area contributed by atoms with Crippen LogP contribution in [-0.4, -0.2) is 63.4 Å². The van der Waals surface area contributed by atoms with Gasteiger partial charge in [-0.3, -0.25) is 4.79 Å². The molecular weight excluding hydrogens is 280 g/mol. The van der Waals surface area contributed by atoms with Crippen molar-refractivity contribution >= 4 is 5.91 Å². The van der Waals surface area contributed by atoms with E-state index in [1.54, 1.807) is 0 Å². The van der Waals surface area contributed by atoms with Gasteiger partial charge in [0.05, 0.1) is 25.9 Å². The average Bonchev–Trinajstić information content (AvgIpc) is 2.59. The van der Waals surface area contributed by atoms with Gasteiger partial charge in [0.1, 0.15) is 0 Å². The van der Waals surface area contributed by atoms with Crippen molar-refractivity contribution < 1.29 is 14.3 Å². The van der Waals surface area contributed by atoms with E-state index in [9.17, 15) is 4.79 Å². The normalized spacial score (nSPS) is 15.2. The van der Waals surface area contributed by atoms with Crippen molar-refractivity contribution in [1.29, 1.82) is 0 Å². The minimum Gasteiger partial charge on any atom is -0.377 e. The summed E-state index contributed by atoms with van der Waals surface area (Å²) in [6.45, 7) is 14.5. The average molecular weight is 319 g/mol. The van der Waals surface area contributed by atoms with Crippen molar-refractivity contribution in [1.82, 2.24) is 10.2 Å². The van der Waals surface area contributed by atoms with E-state index in [4.69, 9.17) is 9.47 Å². The first-order valence-electron chi connectivity index (χ1n) is 8.87. The third-order valence-corrected chi connectivity index (χ3v) is 3.14. The SMILES string of the molecule is CC.CC.CCC(=O)NCCOCCOC1CCN(C)CC1. The van der Waals surface area contributed by atoms with E-state index in [1.807, 2.05) is 34.6 Å². The molecule has 5 nitrogen and oxygen atoms in total. The van der Waals surface area contributed by atoms with Crippen molar-refractivity contribution in [2.45, 2.75) is 60.0 Å². The second-order valence-electron chi connectivity index (χ2n) is 4.69. The van der Waals surface area contributed by atoms with Crippen LogP contribution >= 0.6 is 0 Å². The maximum absolute atomic E-state index is 10.9. The van der Waals surface area contributed by atoms with Crippen LogP contribution in [0.5, 0.6) is 0 Å². The molecule has 0 aliphatic carbocycles. The molecule has 1 amide bonds. The fourth-order valence-electron chi connectivity index (χ4n) is 1.91. The lowest BCUT2D eigenvalue weighted by Gasteiger charge is -2.28. The molecule has 1 fully saturated rings. The number of likely N-dealkylation sites (tertiary alicyclic amines) is 1. The second kappa shape index (κ2) is 18.4. The number of piperidine rings is 1. The Hall–Kier alpha value is -0.650. The Morgan fingerprint density at radius 3 is 2.23 bits per heavy atom. The molecule has 0 radical (unpaired) electrons. The van der Waals surface area contributed by atoms with Crippen molar-refractivity contribution in [2.75, 3.05) is 46.5 Å². The molecule has 0 aromatic carbocycles. The highest BCUT2D eigenvalue weighted by Gasteiger charge is 2.16. The van der Waals surface area contributed by atoms with Gasteiger partial charge in [0.25, 0.3) is 0 Å². The first kappa shape index (κ1) is 23.6. The molecule has 0 aromatic rings. The molecule has 0 spiro atoms. The van der Waals surface area contributed by atoms with Crippen LogP contribution in [0.25, 0.3) is 0 Å². The molecule has 1 aliphatic heterocycles. The number of rotatable bonds is 8. The van der Waals surface area contributed by atoms with E-state index in [0.717, 1.165) is 25.9 Å². The fourth-order valence-corrected chi connectivity index (χ4v) is 1.91. The third kappa shape index (κ3) is 14.3. The van der Waals surface area contributed by atoms with Crippen LogP contribution in [0.1, 0.15) is 53.9 Å². The van der Waals surface area contributed by atoms with E-state index in [0.29, 0.717) is 38.9 Å². The predicted molar refractivity (Wildman–Crippen MR) is 93.3 cm³/mol. The molecule has 0 aromatic heterocycles. The van der Waals surface area contributed by atoms with Gasteiger partial charge in [-0.2, -0.15) is 0 Å². The van der Waals surface area contributed by atoms with Crippen LogP contribution in [0, 0.1) is 0 Å². The topological polar surface area (TPSA) is 50.8 Å². The maximum Gasteiger partial charge on any atom is 0.219 e. The predicted octanol–water partition coefficient (Wildman–Crippen LogP) is 2.69. The first-order chi connectivity index (χ1) is 10.7. The lowest BCUT2D eigenvalue weighted by molar-refractivity contribution is -0.121. The molecule has 1 heterocycles. The second-order valence-corrected chi connectivity index (χ2v) is 4.69. The zero-order chi connectivity index (χ0) is 17.2. The zero-order valence-electron chi connectivity index (χ0n) is 15.6. The smallest absolute Gasteiger partial charge is 0.219 e. The van der Waals surface area contributed by atoms with Gasteiger partial charge >= 0.3 is 0 Å². The Labute approximate surface area is 137 Å². The van der Waals surface area contributed by atoms with Gasteiger partial charge in [-0.25, -0.2) is 0 Å². The highest BCUT2D eigenvalue weighted by Crippen LogP contribution is 2.11. The molecular formula is C17H38N2O3. The molecule has 1 rings (SSSR count). The Morgan fingerprint density at radius 1 is 1.09 bits per heavy atom. The lowest BCUT2D eigenvalue weighted by atomic mass is 10.1. The van der Waals surface area contributed by atoms with Crippen molar-refractivity contribution in [3.63, 3.8) is 0 Å². The number of hydrogen-bond acceptors (Lipinski definition) is 4. The summed E-state index contributed by atoms with van der Waals surface area (Å²) in [4.78, 5) is 13.3. The summed E-state index contributed by atoms with van der Waals surface area (Å²) in [6.07, 6.45) is 3.15. The number of carbonyl (C=O) groups excluding carboxylic acids is 1. The maximum atomic E-state index is 10.9. The number of carbonyl (C=O) groups is 1. The fraction of sp³-hybridized carbons (Fsp3) is 0.941. The molecule has 1 aliphatic rings. The van der Waals surface area contributed by atoms with E-state index < -0.39 is 0 Å². The van der Waals surface area contributed by atoms with Crippen molar-refractivity contribution in [2.24, 2.45) is 0 Å². The van der Waals surface area contributed by atoms with Gasteiger partial charge in [-0.1, -0.05) is 34.6 Å². The largest absolute Gasteiger partial charge is 0.377 e. The summed E-state index contributed by atoms with van der Waals surface area (Å²) in [7, 11) is 2.14. The number of amides is 1. The van der Waals surface area contributed by atoms with Gasteiger partial charge in [-0.05, 0) is 19.9 Å². The van der Waals surface area contributed by atoms with E-state index in [1.165, 1.54) is 0 Å². The summed E-state index contributed by atoms with van der Waals surface area (Å²) in [6, 6.07) is 0. The third-order valence-electron chi connectivity index (χ3n) is 3.14. The minimum absolute atomic E-state index is 0.0705. The highest BCUT2D eigenvalue weighted by molar-refractivity contribution is 5.75. The summed E-state index contributed by atoms with van der Waals surface area (Å²) in [5.41, 5.74) is 0. The van der Waals surface area contributed by atoms with Crippen LogP contribution < -0.4 is 5.32 Å². The van der Waals surface area contributed by atoms with E-state index >= 15 is 0 Å². The standard InChI is InChI=1S/C13H26N2O3.2C2H6/c1-3-13(16)14-6-9-17-10-11-18-12-4-7-15(2)8-5-12;2*1-2/h12H,3-11H2,1-2H3,(H,14,16);2*1-2H3. The molecule has 0 saturated carbocycles. The monoisotopic (exact) mass is 318 g/mol. The van der Waals surface area contributed by atoms with Crippen LogP contribution in [0.4, 0.5) is 0 Å². The number of hydrogen-bond donors (Lipinski definition) is 1. The molecule has 5 heteroatoms. The van der Waals surface area contributed by atoms with Crippen molar-refractivity contribution in [3.8, 4) is 0 Å². The lowest BCUT2D eigenvalue weighted by Crippen LogP contribution is -2.34. The summed E-state index contributed by atoms with van der Waals surface area (Å²) in [5.74, 6) is 0.0705. The molecule has 0 atom stereocenters. The Bertz CT molecular complexity index is 230. The summed E-state index contributed by atoms with van der Waals surface area (Å²) < 4.78 is 11.1. The molecule has 0 bridgehead atoms. The van der Waals surface area contributed by atoms with Crippen LogP contribution in [0.15, 0.2) is 0 Å². The number of nitrogens with zero attached hydrogens (tertiary/aromatic N) is 1. The number of nitrogens with one attached hydrogen (secondary N) is 1. The molecule has 134 valence electrons. The van der Waals surface area contributed by atoms with Gasteiger partial charge in [-0.15, -0.1) is 0 Å². The van der Waals surface area contributed by atoms with Crippen molar-refractivity contribution in [3.05, 3.63) is 0 Å².